The fourth-order valence-electron chi connectivity index (χ4n) is 2.46. The van der Waals surface area contributed by atoms with Crippen LogP contribution in [0.2, 0.25) is 0 Å². The molecule has 0 radical (unpaired) electrons. The molecule has 0 saturated heterocycles. The highest BCUT2D eigenvalue weighted by Crippen LogP contribution is 2.28. The Kier molecular flexibility index (Phi) is 2.99. The van der Waals surface area contributed by atoms with Crippen LogP contribution in [0.4, 0.5) is 11.4 Å². The summed E-state index contributed by atoms with van der Waals surface area (Å²) >= 11 is 0. The van der Waals surface area contributed by atoms with E-state index in [0.29, 0.717) is 5.76 Å². The quantitative estimate of drug-likeness (QED) is 0.898. The molecule has 1 aliphatic rings. The normalized spacial score (nSPS) is 14.1. The monoisotopic (exact) mass is 256 g/mol. The standard InChI is InChI=1S/C15H16N2O2/c1-17-8-2-4-11-10-12(6-7-13(11)17)16-15(18)14-5-3-9-19-14/h3,5-7,9-10H,2,4,8H2,1H3,(H,16,18). The summed E-state index contributed by atoms with van der Waals surface area (Å²) in [7, 11) is 2.10. The Balaban J connectivity index is 1.81. The molecule has 2 heterocycles. The van der Waals surface area contributed by atoms with Crippen molar-refractivity contribution in [3.63, 3.8) is 0 Å². The molecule has 0 spiro atoms. The number of carbonyl (C=O) groups excluding carboxylic acids is 1. The van der Waals surface area contributed by atoms with Gasteiger partial charge in [0.15, 0.2) is 5.76 Å². The van der Waals surface area contributed by atoms with E-state index < -0.39 is 0 Å². The molecule has 3 rings (SSSR count). The van der Waals surface area contributed by atoms with Crippen molar-refractivity contribution in [2.24, 2.45) is 0 Å². The highest BCUT2D eigenvalue weighted by Gasteiger charge is 2.15. The molecular formula is C15H16N2O2. The number of anilines is 2. The smallest absolute Gasteiger partial charge is 0.291 e. The third-order valence-corrected chi connectivity index (χ3v) is 3.43. The van der Waals surface area contributed by atoms with Crippen molar-refractivity contribution < 1.29 is 9.21 Å². The Morgan fingerprint density at radius 2 is 2.26 bits per heavy atom. The Morgan fingerprint density at radius 3 is 3.05 bits per heavy atom. The minimum Gasteiger partial charge on any atom is -0.459 e. The molecular weight excluding hydrogens is 240 g/mol. The van der Waals surface area contributed by atoms with Gasteiger partial charge in [0.1, 0.15) is 0 Å². The summed E-state index contributed by atoms with van der Waals surface area (Å²) in [6.07, 6.45) is 3.71. The topological polar surface area (TPSA) is 45.5 Å². The maximum absolute atomic E-state index is 11.9. The molecule has 4 nitrogen and oxygen atoms in total. The van der Waals surface area contributed by atoms with Gasteiger partial charge in [-0.15, -0.1) is 0 Å². The van der Waals surface area contributed by atoms with E-state index in [1.165, 1.54) is 17.5 Å². The molecule has 4 heteroatoms. The van der Waals surface area contributed by atoms with Crippen LogP contribution < -0.4 is 10.2 Å². The second kappa shape index (κ2) is 4.80. The third-order valence-electron chi connectivity index (χ3n) is 3.43. The highest BCUT2D eigenvalue weighted by molar-refractivity contribution is 6.02. The molecule has 1 N–H and O–H groups in total. The molecule has 19 heavy (non-hydrogen) atoms. The fraction of sp³-hybridized carbons (Fsp3) is 0.267. The van der Waals surface area contributed by atoms with Crippen molar-refractivity contribution in [2.45, 2.75) is 12.8 Å². The van der Waals surface area contributed by atoms with E-state index in [0.717, 1.165) is 25.1 Å². The van der Waals surface area contributed by atoms with Crippen LogP contribution in [-0.2, 0) is 6.42 Å². The predicted octanol–water partition coefficient (Wildman–Crippen LogP) is 2.91. The zero-order chi connectivity index (χ0) is 13.2. The molecule has 1 aromatic carbocycles. The van der Waals surface area contributed by atoms with Crippen LogP contribution in [0.15, 0.2) is 41.0 Å². The van der Waals surface area contributed by atoms with Gasteiger partial charge in [-0.3, -0.25) is 4.79 Å². The summed E-state index contributed by atoms with van der Waals surface area (Å²) in [6.45, 7) is 1.09. The van der Waals surface area contributed by atoms with Gasteiger partial charge in [0.05, 0.1) is 6.26 Å². The van der Waals surface area contributed by atoms with E-state index in [1.54, 1.807) is 12.1 Å². The van der Waals surface area contributed by atoms with Crippen LogP contribution in [0.5, 0.6) is 0 Å². The molecule has 0 aliphatic carbocycles. The van der Waals surface area contributed by atoms with Gasteiger partial charge in [-0.05, 0) is 48.7 Å². The molecule has 98 valence electrons. The molecule has 1 amide bonds. The lowest BCUT2D eigenvalue weighted by atomic mass is 10.0. The molecule has 1 aliphatic heterocycles. The molecule has 1 aromatic heterocycles. The van der Waals surface area contributed by atoms with Crippen LogP contribution in [0.25, 0.3) is 0 Å². The van der Waals surface area contributed by atoms with E-state index in [9.17, 15) is 4.79 Å². The number of fused-ring (bicyclic) bond motifs is 1. The van der Waals surface area contributed by atoms with E-state index in [2.05, 4.69) is 23.3 Å². The number of rotatable bonds is 2. The highest BCUT2D eigenvalue weighted by atomic mass is 16.3. The number of furan rings is 1. The van der Waals surface area contributed by atoms with E-state index in [-0.39, 0.29) is 5.91 Å². The lowest BCUT2D eigenvalue weighted by Gasteiger charge is -2.27. The number of carbonyl (C=O) groups is 1. The van der Waals surface area contributed by atoms with E-state index in [4.69, 9.17) is 4.42 Å². The molecule has 0 bridgehead atoms. The minimum absolute atomic E-state index is 0.214. The largest absolute Gasteiger partial charge is 0.459 e. The van der Waals surface area contributed by atoms with Crippen LogP contribution in [0, 0.1) is 0 Å². The summed E-state index contributed by atoms with van der Waals surface area (Å²) in [4.78, 5) is 14.1. The SMILES string of the molecule is CN1CCCc2cc(NC(=O)c3ccco3)ccc21. The van der Waals surface area contributed by atoms with Crippen LogP contribution >= 0.6 is 0 Å². The molecule has 0 unspecified atom stereocenters. The average Bonchev–Trinajstić information content (AvgIpc) is 2.93. The summed E-state index contributed by atoms with van der Waals surface area (Å²) in [6, 6.07) is 9.40. The van der Waals surface area contributed by atoms with Gasteiger partial charge in [0, 0.05) is 25.0 Å². The van der Waals surface area contributed by atoms with Crippen LogP contribution in [0.1, 0.15) is 22.5 Å². The number of hydrogen-bond donors (Lipinski definition) is 1. The summed E-state index contributed by atoms with van der Waals surface area (Å²) in [5.74, 6) is 0.115. The zero-order valence-corrected chi connectivity index (χ0v) is 10.8. The Hall–Kier alpha value is -2.23. The zero-order valence-electron chi connectivity index (χ0n) is 10.8. The predicted molar refractivity (Wildman–Crippen MR) is 74.7 cm³/mol. The summed E-state index contributed by atoms with van der Waals surface area (Å²) < 4.78 is 5.08. The lowest BCUT2D eigenvalue weighted by Crippen LogP contribution is -2.24. The van der Waals surface area contributed by atoms with Crippen molar-refractivity contribution >= 4 is 17.3 Å². The second-order valence-corrected chi connectivity index (χ2v) is 4.80. The van der Waals surface area contributed by atoms with Crippen molar-refractivity contribution in [1.29, 1.82) is 0 Å². The number of hydrogen-bond acceptors (Lipinski definition) is 3. The van der Waals surface area contributed by atoms with Gasteiger partial charge in [0.25, 0.3) is 5.91 Å². The maximum atomic E-state index is 11.9. The van der Waals surface area contributed by atoms with Crippen molar-refractivity contribution in [3.8, 4) is 0 Å². The molecule has 0 atom stereocenters. The first-order valence-corrected chi connectivity index (χ1v) is 6.43. The number of aryl methyl sites for hydroxylation is 1. The number of nitrogens with zero attached hydrogens (tertiary/aromatic N) is 1. The van der Waals surface area contributed by atoms with Crippen LogP contribution in [-0.4, -0.2) is 19.5 Å². The third kappa shape index (κ3) is 2.34. The lowest BCUT2D eigenvalue weighted by molar-refractivity contribution is 0.0996. The average molecular weight is 256 g/mol. The van der Waals surface area contributed by atoms with Gasteiger partial charge < -0.3 is 14.6 Å². The summed E-state index contributed by atoms with van der Waals surface area (Å²) in [5.41, 5.74) is 3.35. The Labute approximate surface area is 112 Å². The fourth-order valence-corrected chi connectivity index (χ4v) is 2.46. The number of nitrogens with one attached hydrogen (secondary N) is 1. The number of amides is 1. The first-order chi connectivity index (χ1) is 9.24. The molecule has 0 fully saturated rings. The second-order valence-electron chi connectivity index (χ2n) is 4.80. The van der Waals surface area contributed by atoms with Crippen molar-refractivity contribution in [3.05, 3.63) is 47.9 Å². The van der Waals surface area contributed by atoms with Gasteiger partial charge in [-0.2, -0.15) is 0 Å². The number of benzene rings is 1. The van der Waals surface area contributed by atoms with Gasteiger partial charge >= 0.3 is 0 Å². The van der Waals surface area contributed by atoms with Crippen molar-refractivity contribution in [1.82, 2.24) is 0 Å². The molecule has 0 saturated carbocycles. The molecule has 2 aromatic rings. The Morgan fingerprint density at radius 1 is 1.37 bits per heavy atom. The van der Waals surface area contributed by atoms with E-state index in [1.807, 2.05) is 12.1 Å². The van der Waals surface area contributed by atoms with E-state index >= 15 is 0 Å². The Bertz CT molecular complexity index is 590. The van der Waals surface area contributed by atoms with Gasteiger partial charge in [-0.1, -0.05) is 0 Å². The first kappa shape index (κ1) is 11.8. The maximum Gasteiger partial charge on any atom is 0.291 e. The van der Waals surface area contributed by atoms with Crippen molar-refractivity contribution in [2.75, 3.05) is 23.8 Å². The summed E-state index contributed by atoms with van der Waals surface area (Å²) in [5, 5.41) is 2.86. The minimum atomic E-state index is -0.214. The van der Waals surface area contributed by atoms with Crippen LogP contribution in [0.3, 0.4) is 0 Å². The van der Waals surface area contributed by atoms with Gasteiger partial charge in [-0.25, -0.2) is 0 Å². The first-order valence-electron chi connectivity index (χ1n) is 6.43. The van der Waals surface area contributed by atoms with Gasteiger partial charge in [0.2, 0.25) is 0 Å².